The third-order valence-corrected chi connectivity index (χ3v) is 5.58. The van der Waals surface area contributed by atoms with E-state index in [-0.39, 0.29) is 0 Å². The molecule has 0 aliphatic carbocycles. The molecule has 6 nitrogen and oxygen atoms in total. The Morgan fingerprint density at radius 1 is 0.625 bits per heavy atom. The number of unbranched alkanes of at least 4 members (excludes halogenated alkanes) is 12. The number of hydrogen-bond acceptors (Lipinski definition) is 6. The summed E-state index contributed by atoms with van der Waals surface area (Å²) in [6.45, 7) is 4.50. The van der Waals surface area contributed by atoms with Gasteiger partial charge in [-0.1, -0.05) is 102 Å². The van der Waals surface area contributed by atoms with Crippen molar-refractivity contribution in [2.75, 3.05) is 10.9 Å². The Morgan fingerprint density at radius 2 is 1.03 bits per heavy atom. The molecular weight excluding hydrogens is 396 g/mol. The van der Waals surface area contributed by atoms with Crippen molar-refractivity contribution in [1.29, 1.82) is 0 Å². The highest BCUT2D eigenvalue weighted by Gasteiger charge is 2.07. The van der Waals surface area contributed by atoms with Gasteiger partial charge in [0.1, 0.15) is 0 Å². The lowest BCUT2D eigenvalue weighted by atomic mass is 10.1. The summed E-state index contributed by atoms with van der Waals surface area (Å²) in [5, 5.41) is 19.3. The van der Waals surface area contributed by atoms with Crippen molar-refractivity contribution in [2.45, 2.75) is 104 Å². The first kappa shape index (κ1) is 25.8. The predicted molar refractivity (Wildman–Crippen MR) is 140 cm³/mol. The van der Waals surface area contributed by atoms with Gasteiger partial charge in [-0.15, -0.1) is 10.2 Å². The molecule has 0 spiro atoms. The number of benzene rings is 1. The Labute approximate surface area is 194 Å². The fraction of sp³-hybridized carbons (Fsp3) is 0.615. The van der Waals surface area contributed by atoms with Crippen molar-refractivity contribution in [3.63, 3.8) is 0 Å². The molecular formula is C26H42N6. The minimum absolute atomic E-state index is 0.668. The van der Waals surface area contributed by atoms with E-state index in [0.29, 0.717) is 11.6 Å². The average Bonchev–Trinajstić information content (AvgIpc) is 2.82. The van der Waals surface area contributed by atoms with Crippen LogP contribution >= 0.6 is 0 Å². The van der Waals surface area contributed by atoms with E-state index in [1.54, 1.807) is 0 Å². The molecule has 1 aromatic heterocycles. The van der Waals surface area contributed by atoms with Crippen LogP contribution in [0.3, 0.4) is 0 Å². The number of hydrazone groups is 2. The van der Waals surface area contributed by atoms with Crippen LogP contribution in [0.15, 0.2) is 34.5 Å². The van der Waals surface area contributed by atoms with Crippen molar-refractivity contribution in [3.05, 3.63) is 24.3 Å². The topological polar surface area (TPSA) is 74.6 Å². The lowest BCUT2D eigenvalue weighted by Crippen LogP contribution is -2.01. The van der Waals surface area contributed by atoms with Gasteiger partial charge >= 0.3 is 0 Å². The van der Waals surface area contributed by atoms with Crippen molar-refractivity contribution in [1.82, 2.24) is 10.2 Å². The van der Waals surface area contributed by atoms with Crippen LogP contribution in [0.4, 0.5) is 11.6 Å². The van der Waals surface area contributed by atoms with E-state index in [1.165, 1.54) is 77.0 Å². The molecule has 2 N–H and O–H groups in total. The Hall–Kier alpha value is -2.50. The van der Waals surface area contributed by atoms with E-state index >= 15 is 0 Å². The normalized spacial score (nSPS) is 11.7. The maximum atomic E-state index is 4.35. The number of rotatable bonds is 18. The number of aromatic nitrogens is 2. The van der Waals surface area contributed by atoms with Crippen molar-refractivity contribution < 1.29 is 0 Å². The van der Waals surface area contributed by atoms with Crippen LogP contribution in [0.25, 0.3) is 10.8 Å². The van der Waals surface area contributed by atoms with E-state index < -0.39 is 0 Å². The first-order chi connectivity index (χ1) is 15.9. The third-order valence-electron chi connectivity index (χ3n) is 5.58. The standard InChI is InChI=1S/C26H42N6/c1-3-5-7-9-11-13-17-21-27-29-25-23-19-15-16-20-24(23)26(32-31-25)30-28-22-18-14-12-10-8-6-4-2/h15-16,19-22H,3-14,17-18H2,1-2H3,(H,29,31)(H,30,32). The Kier molecular flexibility index (Phi) is 13.8. The van der Waals surface area contributed by atoms with Crippen molar-refractivity contribution in [2.24, 2.45) is 10.2 Å². The van der Waals surface area contributed by atoms with Gasteiger partial charge in [0.25, 0.3) is 0 Å². The van der Waals surface area contributed by atoms with E-state index in [2.05, 4.69) is 45.1 Å². The molecule has 176 valence electrons. The molecule has 0 aliphatic rings. The van der Waals surface area contributed by atoms with Crippen LogP contribution in [0.5, 0.6) is 0 Å². The van der Waals surface area contributed by atoms with Gasteiger partial charge in [0.15, 0.2) is 11.6 Å². The zero-order chi connectivity index (χ0) is 22.7. The fourth-order valence-corrected chi connectivity index (χ4v) is 3.64. The Balaban J connectivity index is 1.79. The van der Waals surface area contributed by atoms with E-state index in [9.17, 15) is 0 Å². The van der Waals surface area contributed by atoms with Gasteiger partial charge in [-0.25, -0.2) is 0 Å². The molecule has 0 aliphatic heterocycles. The summed E-state index contributed by atoms with van der Waals surface area (Å²) >= 11 is 0. The smallest absolute Gasteiger partial charge is 0.176 e. The highest BCUT2D eigenvalue weighted by Crippen LogP contribution is 2.25. The molecule has 0 unspecified atom stereocenters. The summed E-state index contributed by atoms with van der Waals surface area (Å²) in [7, 11) is 0. The molecule has 2 aromatic rings. The molecule has 0 saturated heterocycles. The molecule has 0 atom stereocenters. The highest BCUT2D eigenvalue weighted by molar-refractivity contribution is 5.98. The van der Waals surface area contributed by atoms with Crippen LogP contribution in [0.2, 0.25) is 0 Å². The van der Waals surface area contributed by atoms with E-state index in [4.69, 9.17) is 0 Å². The number of nitrogens with one attached hydrogen (secondary N) is 2. The molecule has 6 heteroatoms. The summed E-state index contributed by atoms with van der Waals surface area (Å²) < 4.78 is 0. The second kappa shape index (κ2) is 17.1. The molecule has 1 heterocycles. The van der Waals surface area contributed by atoms with Gasteiger partial charge in [0.2, 0.25) is 0 Å². The SMILES string of the molecule is CCCCCCCCC=NNc1nnc(NN=CCCCCCCCC)c2ccccc12. The maximum Gasteiger partial charge on any atom is 0.176 e. The van der Waals surface area contributed by atoms with Gasteiger partial charge in [-0.05, 0) is 25.7 Å². The Bertz CT molecular complexity index is 736. The summed E-state index contributed by atoms with van der Waals surface area (Å²) in [6, 6.07) is 8.06. The summed E-state index contributed by atoms with van der Waals surface area (Å²) in [5.74, 6) is 1.34. The molecule has 2 rings (SSSR count). The molecule has 1 aromatic carbocycles. The summed E-state index contributed by atoms with van der Waals surface area (Å²) in [4.78, 5) is 0. The highest BCUT2D eigenvalue weighted by atomic mass is 15.4. The number of hydrogen-bond donors (Lipinski definition) is 2. The quantitative estimate of drug-likeness (QED) is 0.141. The average molecular weight is 439 g/mol. The predicted octanol–water partition coefficient (Wildman–Crippen LogP) is 7.93. The lowest BCUT2D eigenvalue weighted by Gasteiger charge is -2.08. The van der Waals surface area contributed by atoms with Crippen LogP contribution in [-0.4, -0.2) is 22.6 Å². The second-order valence-electron chi connectivity index (χ2n) is 8.40. The van der Waals surface area contributed by atoms with E-state index in [1.807, 2.05) is 36.7 Å². The van der Waals surface area contributed by atoms with Crippen LogP contribution in [-0.2, 0) is 0 Å². The molecule has 0 saturated carbocycles. The van der Waals surface area contributed by atoms with Crippen LogP contribution in [0.1, 0.15) is 104 Å². The largest absolute Gasteiger partial charge is 0.260 e. The number of fused-ring (bicyclic) bond motifs is 1. The first-order valence-corrected chi connectivity index (χ1v) is 12.7. The molecule has 0 fully saturated rings. The monoisotopic (exact) mass is 438 g/mol. The van der Waals surface area contributed by atoms with Gasteiger partial charge in [-0.3, -0.25) is 10.9 Å². The summed E-state index contributed by atoms with van der Waals surface area (Å²) in [6.07, 6.45) is 21.4. The number of nitrogens with zero attached hydrogens (tertiary/aromatic N) is 4. The minimum atomic E-state index is 0.668. The number of anilines is 2. The van der Waals surface area contributed by atoms with Gasteiger partial charge in [0, 0.05) is 23.2 Å². The molecule has 0 amide bonds. The van der Waals surface area contributed by atoms with Gasteiger partial charge < -0.3 is 0 Å². The molecule has 32 heavy (non-hydrogen) atoms. The second-order valence-corrected chi connectivity index (χ2v) is 8.40. The van der Waals surface area contributed by atoms with Crippen LogP contribution in [0, 0.1) is 0 Å². The Morgan fingerprint density at radius 3 is 1.47 bits per heavy atom. The van der Waals surface area contributed by atoms with E-state index in [0.717, 1.165) is 23.6 Å². The summed E-state index contributed by atoms with van der Waals surface area (Å²) in [5.41, 5.74) is 6.12. The molecule has 0 bridgehead atoms. The lowest BCUT2D eigenvalue weighted by molar-refractivity contribution is 0.616. The van der Waals surface area contributed by atoms with Gasteiger partial charge in [0.05, 0.1) is 0 Å². The van der Waals surface area contributed by atoms with Crippen LogP contribution < -0.4 is 10.9 Å². The maximum absolute atomic E-state index is 4.35. The first-order valence-electron chi connectivity index (χ1n) is 12.7. The van der Waals surface area contributed by atoms with Gasteiger partial charge in [-0.2, -0.15) is 10.2 Å². The van der Waals surface area contributed by atoms with Crippen molar-refractivity contribution in [3.8, 4) is 0 Å². The zero-order valence-electron chi connectivity index (χ0n) is 20.2. The minimum Gasteiger partial charge on any atom is -0.260 e. The molecule has 0 radical (unpaired) electrons. The third kappa shape index (κ3) is 10.2. The van der Waals surface area contributed by atoms with Crippen molar-refractivity contribution >= 4 is 34.8 Å². The zero-order valence-corrected chi connectivity index (χ0v) is 20.2. The fourth-order valence-electron chi connectivity index (χ4n) is 3.64.